The second kappa shape index (κ2) is 6.26. The molecule has 3 nitrogen and oxygen atoms in total. The number of hydrogen-bond acceptors (Lipinski definition) is 2. The van der Waals surface area contributed by atoms with E-state index in [1.54, 1.807) is 13.8 Å². The molecule has 0 bridgehead atoms. The van der Waals surface area contributed by atoms with Crippen molar-refractivity contribution < 1.29 is 23.1 Å². The molecule has 1 amide bonds. The van der Waals surface area contributed by atoms with Gasteiger partial charge in [-0.25, -0.2) is 0 Å². The number of rotatable bonds is 5. The van der Waals surface area contributed by atoms with Gasteiger partial charge in [0.2, 0.25) is 5.91 Å². The molecule has 0 saturated carbocycles. The van der Waals surface area contributed by atoms with Crippen LogP contribution in [0.15, 0.2) is 24.3 Å². The summed E-state index contributed by atoms with van der Waals surface area (Å²) < 4.78 is 37.1. The van der Waals surface area contributed by atoms with E-state index in [-0.39, 0.29) is 18.9 Å². The molecule has 1 unspecified atom stereocenters. The predicted molar refractivity (Wildman–Crippen MR) is 69.1 cm³/mol. The Kier molecular flexibility index (Phi) is 5.16. The summed E-state index contributed by atoms with van der Waals surface area (Å²) in [6.07, 6.45) is -3.90. The monoisotopic (exact) mass is 289 g/mol. The second-order valence-electron chi connectivity index (χ2n) is 5.00. The molecule has 0 radical (unpaired) electrons. The number of carbonyl (C=O) groups excluding carboxylic acids is 1. The van der Waals surface area contributed by atoms with E-state index in [0.717, 1.165) is 12.1 Å². The molecule has 1 aromatic rings. The summed E-state index contributed by atoms with van der Waals surface area (Å²) in [6.45, 7) is 3.51. The predicted octanol–water partition coefficient (Wildman–Crippen LogP) is 2.53. The first kappa shape index (κ1) is 16.5. The van der Waals surface area contributed by atoms with Gasteiger partial charge in [0.25, 0.3) is 0 Å². The zero-order valence-electron chi connectivity index (χ0n) is 11.4. The van der Waals surface area contributed by atoms with E-state index >= 15 is 0 Å². The lowest BCUT2D eigenvalue weighted by Crippen LogP contribution is -2.40. The molecule has 6 heteroatoms. The van der Waals surface area contributed by atoms with Crippen molar-refractivity contribution in [1.29, 1.82) is 0 Å². The number of alkyl halides is 3. The molecule has 2 N–H and O–H groups in total. The van der Waals surface area contributed by atoms with Gasteiger partial charge >= 0.3 is 6.18 Å². The van der Waals surface area contributed by atoms with Crippen molar-refractivity contribution in [3.05, 3.63) is 35.4 Å². The minimum atomic E-state index is -4.37. The van der Waals surface area contributed by atoms with E-state index in [0.29, 0.717) is 12.0 Å². The van der Waals surface area contributed by atoms with Crippen LogP contribution in [0.4, 0.5) is 13.2 Å². The van der Waals surface area contributed by atoms with Crippen LogP contribution in [0.2, 0.25) is 0 Å². The normalized spacial score (nSPS) is 14.7. The second-order valence-corrected chi connectivity index (χ2v) is 5.00. The van der Waals surface area contributed by atoms with Crippen molar-refractivity contribution in [3.63, 3.8) is 0 Å². The lowest BCUT2D eigenvalue weighted by molar-refractivity contribution is -0.137. The van der Waals surface area contributed by atoms with Crippen LogP contribution in [0, 0.1) is 0 Å². The molecule has 0 fully saturated rings. The molecule has 0 saturated heterocycles. The Balaban J connectivity index is 2.55. The maximum Gasteiger partial charge on any atom is 0.416 e. The minimum absolute atomic E-state index is 0.0159. The largest absolute Gasteiger partial charge is 0.416 e. The highest BCUT2D eigenvalue weighted by Crippen LogP contribution is 2.29. The number of carbonyl (C=O) groups is 1. The number of aliphatic hydroxyl groups is 1. The summed E-state index contributed by atoms with van der Waals surface area (Å²) in [5.41, 5.74) is -1.22. The van der Waals surface area contributed by atoms with Crippen LogP contribution in [0.3, 0.4) is 0 Å². The summed E-state index contributed by atoms with van der Waals surface area (Å²) >= 11 is 0. The smallest absolute Gasteiger partial charge is 0.388 e. The van der Waals surface area contributed by atoms with Crippen molar-refractivity contribution in [2.75, 3.05) is 6.54 Å². The fraction of sp³-hybridized carbons (Fsp3) is 0.500. The minimum Gasteiger partial charge on any atom is -0.388 e. The third kappa shape index (κ3) is 5.21. The Bertz CT molecular complexity index is 452. The third-order valence-corrected chi connectivity index (χ3v) is 3.07. The highest BCUT2D eigenvalue weighted by molar-refractivity contribution is 5.78. The number of nitrogens with one attached hydrogen (secondary N) is 1. The topological polar surface area (TPSA) is 49.3 Å². The fourth-order valence-corrected chi connectivity index (χ4v) is 1.47. The molecule has 1 atom stereocenters. The average Bonchev–Trinajstić information content (AvgIpc) is 2.36. The Morgan fingerprint density at radius 3 is 2.25 bits per heavy atom. The molecule has 1 rings (SSSR count). The Labute approximate surface area is 115 Å². The Morgan fingerprint density at radius 2 is 1.80 bits per heavy atom. The first-order chi connectivity index (χ1) is 9.14. The summed E-state index contributed by atoms with van der Waals surface area (Å²) in [4.78, 5) is 11.6. The Hall–Kier alpha value is -1.56. The van der Waals surface area contributed by atoms with Crippen molar-refractivity contribution in [2.45, 2.75) is 38.5 Å². The summed E-state index contributed by atoms with van der Waals surface area (Å²) in [6, 6.07) is 4.45. The number of halogens is 3. The summed E-state index contributed by atoms with van der Waals surface area (Å²) in [5, 5.41) is 12.3. The van der Waals surface area contributed by atoms with Crippen molar-refractivity contribution in [2.24, 2.45) is 0 Å². The molecule has 20 heavy (non-hydrogen) atoms. The first-order valence-corrected chi connectivity index (χ1v) is 6.29. The van der Waals surface area contributed by atoms with Crippen LogP contribution < -0.4 is 5.32 Å². The first-order valence-electron chi connectivity index (χ1n) is 6.29. The molecule has 0 heterocycles. The van der Waals surface area contributed by atoms with Gasteiger partial charge in [0.15, 0.2) is 0 Å². The summed E-state index contributed by atoms with van der Waals surface area (Å²) in [7, 11) is 0. The molecular weight excluding hydrogens is 271 g/mol. The quantitative estimate of drug-likeness (QED) is 0.875. The van der Waals surface area contributed by atoms with Crippen molar-refractivity contribution in [1.82, 2.24) is 5.32 Å². The highest BCUT2D eigenvalue weighted by atomic mass is 19.4. The van der Waals surface area contributed by atoms with Crippen LogP contribution >= 0.6 is 0 Å². The van der Waals surface area contributed by atoms with Gasteiger partial charge in [-0.1, -0.05) is 19.1 Å². The van der Waals surface area contributed by atoms with Crippen LogP contribution in [0.25, 0.3) is 0 Å². The average molecular weight is 289 g/mol. The number of benzene rings is 1. The third-order valence-electron chi connectivity index (χ3n) is 3.07. The van der Waals surface area contributed by atoms with Gasteiger partial charge in [-0.15, -0.1) is 0 Å². The molecule has 112 valence electrons. The van der Waals surface area contributed by atoms with Gasteiger partial charge in [-0.05, 0) is 31.0 Å². The maximum atomic E-state index is 12.4. The summed E-state index contributed by atoms with van der Waals surface area (Å²) in [5.74, 6) is -0.335. The number of hydrogen-bond donors (Lipinski definition) is 2. The van der Waals surface area contributed by atoms with Crippen LogP contribution in [-0.4, -0.2) is 23.2 Å². The highest BCUT2D eigenvalue weighted by Gasteiger charge is 2.30. The lowest BCUT2D eigenvalue weighted by atomic mass is 10.0. The Morgan fingerprint density at radius 1 is 1.25 bits per heavy atom. The van der Waals surface area contributed by atoms with Gasteiger partial charge in [0, 0.05) is 6.54 Å². The van der Waals surface area contributed by atoms with Crippen LogP contribution in [-0.2, 0) is 17.4 Å². The van der Waals surface area contributed by atoms with E-state index in [1.165, 1.54) is 12.1 Å². The van der Waals surface area contributed by atoms with E-state index in [1.807, 2.05) is 0 Å². The van der Waals surface area contributed by atoms with Gasteiger partial charge < -0.3 is 10.4 Å². The van der Waals surface area contributed by atoms with E-state index < -0.39 is 17.3 Å². The molecule has 0 aliphatic rings. The van der Waals surface area contributed by atoms with Gasteiger partial charge in [0.1, 0.15) is 0 Å². The molecule has 0 aromatic heterocycles. The fourth-order valence-electron chi connectivity index (χ4n) is 1.47. The maximum absolute atomic E-state index is 12.4. The van der Waals surface area contributed by atoms with Gasteiger partial charge in [-0.2, -0.15) is 13.2 Å². The molecule has 0 spiro atoms. The lowest BCUT2D eigenvalue weighted by Gasteiger charge is -2.21. The van der Waals surface area contributed by atoms with Crippen molar-refractivity contribution >= 4 is 5.91 Å². The standard InChI is InChI=1S/C14H18F3NO2/c1-3-13(2,20)9-18-12(19)8-10-4-6-11(7-5-10)14(15,16)17/h4-7,20H,3,8-9H2,1-2H3,(H,18,19). The van der Waals surface area contributed by atoms with Crippen LogP contribution in [0.5, 0.6) is 0 Å². The van der Waals surface area contributed by atoms with E-state index in [9.17, 15) is 23.1 Å². The zero-order valence-corrected chi connectivity index (χ0v) is 11.4. The van der Waals surface area contributed by atoms with E-state index in [2.05, 4.69) is 5.32 Å². The SMILES string of the molecule is CCC(C)(O)CNC(=O)Cc1ccc(C(F)(F)F)cc1. The van der Waals surface area contributed by atoms with Crippen molar-refractivity contribution in [3.8, 4) is 0 Å². The molecule has 0 aliphatic carbocycles. The molecule has 0 aliphatic heterocycles. The molecule has 1 aromatic carbocycles. The van der Waals surface area contributed by atoms with Crippen LogP contribution in [0.1, 0.15) is 31.4 Å². The zero-order chi connectivity index (χ0) is 15.4. The van der Waals surface area contributed by atoms with Gasteiger partial charge in [-0.3, -0.25) is 4.79 Å². The molecular formula is C14H18F3NO2. The van der Waals surface area contributed by atoms with E-state index in [4.69, 9.17) is 0 Å². The van der Waals surface area contributed by atoms with Gasteiger partial charge in [0.05, 0.1) is 17.6 Å². The number of amides is 1.